The maximum atomic E-state index is 12.7. The van der Waals surface area contributed by atoms with Crippen molar-refractivity contribution in [3.05, 3.63) is 65.2 Å². The molecule has 3 rings (SSSR count). The summed E-state index contributed by atoms with van der Waals surface area (Å²) in [6, 6.07) is 16.2. The van der Waals surface area contributed by atoms with Crippen molar-refractivity contribution < 1.29 is 4.79 Å². The molecule has 0 saturated heterocycles. The molecule has 0 radical (unpaired) electrons. The van der Waals surface area contributed by atoms with Crippen molar-refractivity contribution in [2.24, 2.45) is 0 Å². The Hall–Kier alpha value is -1.75. The molecular weight excluding hydrogens is 393 g/mol. The van der Waals surface area contributed by atoms with Gasteiger partial charge in [-0.25, -0.2) is 0 Å². The fourth-order valence-electron chi connectivity index (χ4n) is 3.94. The van der Waals surface area contributed by atoms with Crippen LogP contribution in [0, 0.1) is 6.92 Å². The Bertz CT molecular complexity index is 762. The van der Waals surface area contributed by atoms with Crippen LogP contribution in [0.3, 0.4) is 0 Å². The van der Waals surface area contributed by atoms with E-state index < -0.39 is 0 Å². The number of anilines is 1. The number of hydrogen-bond acceptors (Lipinski definition) is 3. The topological polar surface area (TPSA) is 67.2 Å². The Labute approximate surface area is 180 Å². The molecule has 1 unspecified atom stereocenters. The van der Waals surface area contributed by atoms with Gasteiger partial charge in [-0.15, -0.1) is 24.8 Å². The SMILES string of the molecule is Cc1ccc(N)cc1C(=O)NCC1(NC(C)c2ccccc2)CCCC1.Cl.Cl. The van der Waals surface area contributed by atoms with Gasteiger partial charge in [-0.05, 0) is 49.9 Å². The van der Waals surface area contributed by atoms with Crippen LogP contribution in [0.4, 0.5) is 5.69 Å². The molecule has 1 amide bonds. The zero-order chi connectivity index (χ0) is 18.6. The van der Waals surface area contributed by atoms with Crippen LogP contribution in [0.5, 0.6) is 0 Å². The number of rotatable bonds is 6. The molecule has 4 nitrogen and oxygen atoms in total. The second-order valence-corrected chi connectivity index (χ2v) is 7.52. The van der Waals surface area contributed by atoms with E-state index in [1.165, 1.54) is 18.4 Å². The number of amides is 1. The van der Waals surface area contributed by atoms with E-state index in [0.29, 0.717) is 17.8 Å². The first-order valence-electron chi connectivity index (χ1n) is 9.46. The molecule has 28 heavy (non-hydrogen) atoms. The molecule has 0 bridgehead atoms. The third-order valence-corrected chi connectivity index (χ3v) is 5.48. The van der Waals surface area contributed by atoms with Crippen LogP contribution in [0.2, 0.25) is 0 Å². The van der Waals surface area contributed by atoms with E-state index in [2.05, 4.69) is 41.8 Å². The molecule has 0 aromatic heterocycles. The Morgan fingerprint density at radius 1 is 1.11 bits per heavy atom. The normalized spacial score (nSPS) is 15.8. The van der Waals surface area contributed by atoms with Crippen LogP contribution in [-0.4, -0.2) is 18.0 Å². The quantitative estimate of drug-likeness (QED) is 0.583. The smallest absolute Gasteiger partial charge is 0.251 e. The predicted molar refractivity (Wildman–Crippen MR) is 122 cm³/mol. The summed E-state index contributed by atoms with van der Waals surface area (Å²) in [5.74, 6) is -0.0461. The lowest BCUT2D eigenvalue weighted by atomic mass is 9.94. The van der Waals surface area contributed by atoms with Gasteiger partial charge in [0, 0.05) is 29.4 Å². The molecule has 0 aliphatic heterocycles. The summed E-state index contributed by atoms with van der Waals surface area (Å²) in [5, 5.41) is 6.95. The van der Waals surface area contributed by atoms with Crippen LogP contribution in [0.25, 0.3) is 0 Å². The van der Waals surface area contributed by atoms with Gasteiger partial charge >= 0.3 is 0 Å². The van der Waals surface area contributed by atoms with E-state index >= 15 is 0 Å². The van der Waals surface area contributed by atoms with E-state index in [1.54, 1.807) is 6.07 Å². The van der Waals surface area contributed by atoms with Gasteiger partial charge in [0.15, 0.2) is 0 Å². The van der Waals surface area contributed by atoms with Crippen LogP contribution < -0.4 is 16.4 Å². The molecule has 0 spiro atoms. The summed E-state index contributed by atoms with van der Waals surface area (Å²) in [6.45, 7) is 4.77. The maximum Gasteiger partial charge on any atom is 0.251 e. The highest BCUT2D eigenvalue weighted by Crippen LogP contribution is 2.32. The molecule has 1 aliphatic carbocycles. The summed E-state index contributed by atoms with van der Waals surface area (Å²) >= 11 is 0. The maximum absolute atomic E-state index is 12.7. The fourth-order valence-corrected chi connectivity index (χ4v) is 3.94. The lowest BCUT2D eigenvalue weighted by Crippen LogP contribution is -2.52. The van der Waals surface area contributed by atoms with Crippen molar-refractivity contribution in [2.75, 3.05) is 12.3 Å². The molecule has 2 aromatic rings. The number of nitrogens with one attached hydrogen (secondary N) is 2. The van der Waals surface area contributed by atoms with Crippen LogP contribution >= 0.6 is 24.8 Å². The van der Waals surface area contributed by atoms with E-state index in [4.69, 9.17) is 5.73 Å². The lowest BCUT2D eigenvalue weighted by Gasteiger charge is -2.34. The van der Waals surface area contributed by atoms with Gasteiger partial charge in [-0.1, -0.05) is 49.2 Å². The number of nitrogens with two attached hydrogens (primary N) is 1. The molecule has 1 aliphatic rings. The molecule has 0 heterocycles. The standard InChI is InChI=1S/C22H29N3O.2ClH/c1-16-10-11-19(23)14-20(16)21(26)24-15-22(12-6-7-13-22)25-17(2)18-8-4-3-5-9-18;;/h3-5,8-11,14,17,25H,6-7,12-13,15,23H2,1-2H3,(H,24,26);2*1H. The predicted octanol–water partition coefficient (Wildman–Crippen LogP) is 4.81. The van der Waals surface area contributed by atoms with Gasteiger partial charge in [0.2, 0.25) is 0 Å². The zero-order valence-corrected chi connectivity index (χ0v) is 18.2. The molecule has 154 valence electrons. The molecule has 2 aromatic carbocycles. The number of carbonyl (C=O) groups excluding carboxylic acids is 1. The highest BCUT2D eigenvalue weighted by molar-refractivity contribution is 5.96. The summed E-state index contributed by atoms with van der Waals surface area (Å²) in [6.07, 6.45) is 4.56. The van der Waals surface area contributed by atoms with Gasteiger partial charge < -0.3 is 16.4 Å². The molecule has 6 heteroatoms. The third kappa shape index (κ3) is 5.87. The summed E-state index contributed by atoms with van der Waals surface area (Å²) in [5.41, 5.74) is 9.31. The fraction of sp³-hybridized carbons (Fsp3) is 0.409. The van der Waals surface area contributed by atoms with Gasteiger partial charge in [-0.3, -0.25) is 4.79 Å². The lowest BCUT2D eigenvalue weighted by molar-refractivity contribution is 0.0936. The summed E-state index contributed by atoms with van der Waals surface area (Å²) in [4.78, 5) is 12.7. The van der Waals surface area contributed by atoms with Crippen LogP contribution in [-0.2, 0) is 0 Å². The third-order valence-electron chi connectivity index (χ3n) is 5.48. The zero-order valence-electron chi connectivity index (χ0n) is 16.5. The average Bonchev–Trinajstić information content (AvgIpc) is 3.11. The number of carbonyl (C=O) groups is 1. The van der Waals surface area contributed by atoms with Crippen LogP contribution in [0.15, 0.2) is 48.5 Å². The number of halogens is 2. The molecule has 1 atom stereocenters. The van der Waals surface area contributed by atoms with Crippen molar-refractivity contribution in [1.29, 1.82) is 0 Å². The van der Waals surface area contributed by atoms with E-state index in [0.717, 1.165) is 18.4 Å². The molecule has 1 fully saturated rings. The van der Waals surface area contributed by atoms with Crippen molar-refractivity contribution >= 4 is 36.4 Å². The highest BCUT2D eigenvalue weighted by Gasteiger charge is 2.35. The minimum absolute atomic E-state index is 0. The highest BCUT2D eigenvalue weighted by atomic mass is 35.5. The second-order valence-electron chi connectivity index (χ2n) is 7.52. The molecule has 1 saturated carbocycles. The van der Waals surface area contributed by atoms with Gasteiger partial charge in [-0.2, -0.15) is 0 Å². The summed E-state index contributed by atoms with van der Waals surface area (Å²) < 4.78 is 0. The first-order valence-corrected chi connectivity index (χ1v) is 9.46. The number of nitrogen functional groups attached to an aromatic ring is 1. The van der Waals surface area contributed by atoms with E-state index in [-0.39, 0.29) is 42.3 Å². The Morgan fingerprint density at radius 2 is 1.75 bits per heavy atom. The Morgan fingerprint density at radius 3 is 2.39 bits per heavy atom. The second kappa shape index (κ2) is 10.7. The Balaban J connectivity index is 0.00000196. The average molecular weight is 424 g/mol. The number of benzene rings is 2. The van der Waals surface area contributed by atoms with Crippen molar-refractivity contribution in [3.8, 4) is 0 Å². The van der Waals surface area contributed by atoms with Gasteiger partial charge in [0.1, 0.15) is 0 Å². The number of hydrogen-bond donors (Lipinski definition) is 3. The van der Waals surface area contributed by atoms with Gasteiger partial charge in [0.05, 0.1) is 0 Å². The molecular formula is C22H31Cl2N3O. The van der Waals surface area contributed by atoms with Gasteiger partial charge in [0.25, 0.3) is 5.91 Å². The first-order chi connectivity index (χ1) is 12.5. The minimum atomic E-state index is -0.0461. The van der Waals surface area contributed by atoms with E-state index in [9.17, 15) is 4.79 Å². The van der Waals surface area contributed by atoms with E-state index in [1.807, 2.05) is 25.1 Å². The van der Waals surface area contributed by atoms with Crippen molar-refractivity contribution in [3.63, 3.8) is 0 Å². The molecule has 4 N–H and O–H groups in total. The first kappa shape index (κ1) is 24.3. The van der Waals surface area contributed by atoms with Crippen molar-refractivity contribution in [2.45, 2.75) is 51.1 Å². The Kier molecular flexibility index (Phi) is 9.28. The number of aryl methyl sites for hydroxylation is 1. The largest absolute Gasteiger partial charge is 0.399 e. The van der Waals surface area contributed by atoms with Crippen LogP contribution in [0.1, 0.15) is 60.1 Å². The monoisotopic (exact) mass is 423 g/mol. The summed E-state index contributed by atoms with van der Waals surface area (Å²) in [7, 11) is 0. The van der Waals surface area contributed by atoms with Crippen molar-refractivity contribution in [1.82, 2.24) is 10.6 Å². The minimum Gasteiger partial charge on any atom is -0.399 e.